The van der Waals surface area contributed by atoms with Crippen molar-refractivity contribution in [2.24, 2.45) is 0 Å². The van der Waals surface area contributed by atoms with Crippen molar-refractivity contribution < 1.29 is 14.4 Å². The lowest BCUT2D eigenvalue weighted by Gasteiger charge is -2.02. The summed E-state index contributed by atoms with van der Waals surface area (Å²) in [7, 11) is 1.54. The summed E-state index contributed by atoms with van der Waals surface area (Å²) >= 11 is 0. The minimum atomic E-state index is -0.440. The van der Waals surface area contributed by atoms with E-state index in [1.807, 2.05) is 0 Å². The van der Waals surface area contributed by atoms with Crippen molar-refractivity contribution in [3.8, 4) is 0 Å². The van der Waals surface area contributed by atoms with Crippen LogP contribution in [0.15, 0.2) is 6.20 Å². The van der Waals surface area contributed by atoms with Crippen LogP contribution in [-0.4, -0.2) is 41.6 Å². The molecule has 1 rings (SSSR count). The van der Waals surface area contributed by atoms with Crippen LogP contribution in [-0.2, 0) is 9.57 Å². The zero-order valence-electron chi connectivity index (χ0n) is 7.11. The van der Waals surface area contributed by atoms with E-state index in [2.05, 4.69) is 20.9 Å². The van der Waals surface area contributed by atoms with Crippen LogP contribution in [0.3, 0.4) is 0 Å². The standard InChI is InChI=1S/C6H10N4O3/c1-12-2-3-13-9-6(11)5-4-7-10-8-5/h4H,2-3H2,1H3,(H,9,11)(H,7,8,10). The van der Waals surface area contributed by atoms with Gasteiger partial charge in [-0.3, -0.25) is 9.63 Å². The topological polar surface area (TPSA) is 89.1 Å². The molecule has 1 heterocycles. The van der Waals surface area contributed by atoms with Gasteiger partial charge in [0.05, 0.1) is 19.4 Å². The Balaban J connectivity index is 2.19. The highest BCUT2D eigenvalue weighted by Crippen LogP contribution is 1.87. The minimum absolute atomic E-state index is 0.178. The molecule has 0 aliphatic carbocycles. The Hall–Kier alpha value is -1.47. The van der Waals surface area contributed by atoms with Gasteiger partial charge in [0.1, 0.15) is 0 Å². The van der Waals surface area contributed by atoms with Gasteiger partial charge in [-0.25, -0.2) is 5.48 Å². The van der Waals surface area contributed by atoms with E-state index in [0.29, 0.717) is 13.2 Å². The fraction of sp³-hybridized carbons (Fsp3) is 0.500. The predicted molar refractivity (Wildman–Crippen MR) is 41.7 cm³/mol. The molecule has 1 aromatic rings. The fourth-order valence-electron chi connectivity index (χ4n) is 0.605. The number of hydroxylamine groups is 1. The third kappa shape index (κ3) is 3.18. The summed E-state index contributed by atoms with van der Waals surface area (Å²) in [6.45, 7) is 0.708. The molecule has 0 saturated carbocycles. The summed E-state index contributed by atoms with van der Waals surface area (Å²) in [4.78, 5) is 15.8. The first kappa shape index (κ1) is 9.62. The molecule has 2 N–H and O–H groups in total. The Morgan fingerprint density at radius 1 is 1.69 bits per heavy atom. The number of amides is 1. The van der Waals surface area contributed by atoms with Crippen LogP contribution in [0.4, 0.5) is 0 Å². The maximum absolute atomic E-state index is 11.1. The van der Waals surface area contributed by atoms with Crippen molar-refractivity contribution >= 4 is 5.91 Å². The number of carbonyl (C=O) groups excluding carboxylic acids is 1. The zero-order chi connectivity index (χ0) is 9.52. The lowest BCUT2D eigenvalue weighted by molar-refractivity contribution is 0.00857. The van der Waals surface area contributed by atoms with Crippen LogP contribution in [0.1, 0.15) is 10.5 Å². The molecule has 1 aromatic heterocycles. The molecule has 7 heteroatoms. The highest BCUT2D eigenvalue weighted by atomic mass is 16.7. The summed E-state index contributed by atoms with van der Waals surface area (Å²) < 4.78 is 4.70. The van der Waals surface area contributed by atoms with E-state index >= 15 is 0 Å². The molecule has 0 aliphatic rings. The van der Waals surface area contributed by atoms with E-state index in [1.165, 1.54) is 6.20 Å². The van der Waals surface area contributed by atoms with Gasteiger partial charge in [-0.1, -0.05) is 0 Å². The molecule has 0 aliphatic heterocycles. The average molecular weight is 186 g/mol. The number of rotatable bonds is 5. The molecule has 0 radical (unpaired) electrons. The Morgan fingerprint density at radius 3 is 3.15 bits per heavy atom. The molecule has 0 fully saturated rings. The average Bonchev–Trinajstić information content (AvgIpc) is 2.65. The second-order valence-corrected chi connectivity index (χ2v) is 2.13. The molecule has 7 nitrogen and oxygen atoms in total. The number of aromatic amines is 1. The fourth-order valence-corrected chi connectivity index (χ4v) is 0.605. The monoisotopic (exact) mass is 186 g/mol. The van der Waals surface area contributed by atoms with Crippen molar-refractivity contribution in [2.75, 3.05) is 20.3 Å². The number of methoxy groups -OCH3 is 1. The number of ether oxygens (including phenoxy) is 1. The summed E-state index contributed by atoms with van der Waals surface area (Å²) in [5, 5.41) is 9.34. The van der Waals surface area contributed by atoms with Crippen LogP contribution in [0.25, 0.3) is 0 Å². The number of nitrogens with one attached hydrogen (secondary N) is 2. The first-order chi connectivity index (χ1) is 6.34. The first-order valence-electron chi connectivity index (χ1n) is 3.61. The predicted octanol–water partition coefficient (Wildman–Crippen LogP) is -0.887. The summed E-state index contributed by atoms with van der Waals surface area (Å²) in [6, 6.07) is 0. The molecule has 1 amide bonds. The smallest absolute Gasteiger partial charge is 0.296 e. The van der Waals surface area contributed by atoms with Crippen molar-refractivity contribution in [2.45, 2.75) is 0 Å². The van der Waals surface area contributed by atoms with Crippen LogP contribution in [0.5, 0.6) is 0 Å². The molecule has 0 saturated heterocycles. The number of hydrogen-bond donors (Lipinski definition) is 2. The van der Waals surface area contributed by atoms with E-state index in [4.69, 9.17) is 9.57 Å². The minimum Gasteiger partial charge on any atom is -0.382 e. The molecule has 13 heavy (non-hydrogen) atoms. The molecule has 0 atom stereocenters. The van der Waals surface area contributed by atoms with Gasteiger partial charge in [-0.2, -0.15) is 15.4 Å². The van der Waals surface area contributed by atoms with Gasteiger partial charge in [0.15, 0.2) is 5.69 Å². The quantitative estimate of drug-likeness (QED) is 0.460. The van der Waals surface area contributed by atoms with Gasteiger partial charge in [-0.15, -0.1) is 0 Å². The molecule has 72 valence electrons. The van der Waals surface area contributed by atoms with Crippen LogP contribution in [0.2, 0.25) is 0 Å². The third-order valence-electron chi connectivity index (χ3n) is 1.20. The Bertz CT molecular complexity index is 248. The third-order valence-corrected chi connectivity index (χ3v) is 1.20. The molecule has 0 aromatic carbocycles. The lowest BCUT2D eigenvalue weighted by atomic mass is 10.5. The lowest BCUT2D eigenvalue weighted by Crippen LogP contribution is -2.25. The van der Waals surface area contributed by atoms with Gasteiger partial charge in [0, 0.05) is 7.11 Å². The maximum Gasteiger partial charge on any atom is 0.296 e. The summed E-state index contributed by atoms with van der Waals surface area (Å²) in [6.07, 6.45) is 1.30. The number of nitrogens with zero attached hydrogens (tertiary/aromatic N) is 2. The number of carbonyl (C=O) groups is 1. The van der Waals surface area contributed by atoms with Gasteiger partial charge < -0.3 is 4.74 Å². The SMILES string of the molecule is COCCONC(=O)c1cn[nH]n1. The van der Waals surface area contributed by atoms with Gasteiger partial charge in [-0.05, 0) is 0 Å². The second kappa shape index (κ2) is 5.22. The highest BCUT2D eigenvalue weighted by Gasteiger charge is 2.07. The van der Waals surface area contributed by atoms with Gasteiger partial charge >= 0.3 is 0 Å². The van der Waals surface area contributed by atoms with E-state index in [9.17, 15) is 4.79 Å². The maximum atomic E-state index is 11.1. The molecule has 0 unspecified atom stereocenters. The largest absolute Gasteiger partial charge is 0.382 e. The van der Waals surface area contributed by atoms with E-state index < -0.39 is 5.91 Å². The van der Waals surface area contributed by atoms with Crippen molar-refractivity contribution in [1.82, 2.24) is 20.9 Å². The van der Waals surface area contributed by atoms with Crippen LogP contribution < -0.4 is 5.48 Å². The molecular weight excluding hydrogens is 176 g/mol. The number of hydrogen-bond acceptors (Lipinski definition) is 5. The van der Waals surface area contributed by atoms with Gasteiger partial charge in [0.25, 0.3) is 5.91 Å². The number of H-pyrrole nitrogens is 1. The normalized spacial score (nSPS) is 9.92. The van der Waals surface area contributed by atoms with E-state index in [0.717, 1.165) is 0 Å². The van der Waals surface area contributed by atoms with Crippen LogP contribution >= 0.6 is 0 Å². The molecule has 0 bridgehead atoms. The van der Waals surface area contributed by atoms with E-state index in [-0.39, 0.29) is 5.69 Å². The van der Waals surface area contributed by atoms with Crippen molar-refractivity contribution in [3.63, 3.8) is 0 Å². The van der Waals surface area contributed by atoms with Crippen molar-refractivity contribution in [1.29, 1.82) is 0 Å². The van der Waals surface area contributed by atoms with Crippen LogP contribution in [0, 0.1) is 0 Å². The zero-order valence-corrected chi connectivity index (χ0v) is 7.11. The molecule has 0 spiro atoms. The first-order valence-corrected chi connectivity index (χ1v) is 3.61. The number of aromatic nitrogens is 3. The second-order valence-electron chi connectivity index (χ2n) is 2.13. The van der Waals surface area contributed by atoms with Crippen molar-refractivity contribution in [3.05, 3.63) is 11.9 Å². The Kier molecular flexibility index (Phi) is 3.86. The van der Waals surface area contributed by atoms with Gasteiger partial charge in [0.2, 0.25) is 0 Å². The Labute approximate surface area is 74.4 Å². The van der Waals surface area contributed by atoms with E-state index in [1.54, 1.807) is 7.11 Å². The Morgan fingerprint density at radius 2 is 2.54 bits per heavy atom. The highest BCUT2D eigenvalue weighted by molar-refractivity contribution is 5.90. The summed E-state index contributed by atoms with van der Waals surface area (Å²) in [5.41, 5.74) is 2.36. The summed E-state index contributed by atoms with van der Waals surface area (Å²) in [5.74, 6) is -0.440. The molecular formula is C6H10N4O3.